The number of carboxylic acid groups (broad SMARTS) is 1. The Morgan fingerprint density at radius 1 is 1.37 bits per heavy atom. The van der Waals surface area contributed by atoms with Crippen molar-refractivity contribution in [1.29, 1.82) is 0 Å². The monoisotopic (exact) mass is 286 g/mol. The molecule has 0 radical (unpaired) electrons. The molecule has 108 valence electrons. The van der Waals surface area contributed by atoms with Crippen molar-refractivity contribution < 1.29 is 14.7 Å². The Labute approximate surface area is 118 Å². The Bertz CT molecular complexity index is 345. The van der Waals surface area contributed by atoms with Crippen LogP contribution in [0.1, 0.15) is 32.6 Å². The number of carbonyl (C=O) groups excluding carboxylic acids is 1. The van der Waals surface area contributed by atoms with Crippen molar-refractivity contribution >= 4 is 23.8 Å². The Morgan fingerprint density at radius 2 is 2.05 bits per heavy atom. The molecule has 6 heteroatoms. The topological polar surface area (TPSA) is 60.9 Å². The average Bonchev–Trinajstić information content (AvgIpc) is 2.89. The third-order valence-electron chi connectivity index (χ3n) is 3.93. The van der Waals surface area contributed by atoms with Crippen molar-refractivity contribution in [3.8, 4) is 0 Å². The van der Waals surface area contributed by atoms with E-state index < -0.39 is 5.97 Å². The molecule has 1 saturated carbocycles. The molecule has 0 aromatic heterocycles. The summed E-state index contributed by atoms with van der Waals surface area (Å²) in [7, 11) is 0. The summed E-state index contributed by atoms with van der Waals surface area (Å²) in [5.74, 6) is 0.971. The van der Waals surface area contributed by atoms with Gasteiger partial charge < -0.3 is 14.9 Å². The first-order chi connectivity index (χ1) is 9.09. The molecule has 1 aliphatic carbocycles. The van der Waals surface area contributed by atoms with Gasteiger partial charge in [-0.25, -0.2) is 4.79 Å². The Kier molecular flexibility index (Phi) is 4.96. The zero-order chi connectivity index (χ0) is 13.8. The van der Waals surface area contributed by atoms with E-state index in [9.17, 15) is 9.59 Å². The number of thioether (sulfide) groups is 1. The lowest BCUT2D eigenvalue weighted by molar-refractivity contribution is -0.138. The standard InChI is InChI=1S/C13H22N2O3S/c1-10-9-19-7-6-14(10)13(18)15(8-12(16)17)11-4-2-3-5-11/h10-11H,2-9H2,1H3,(H,16,17). The maximum atomic E-state index is 12.6. The zero-order valence-corrected chi connectivity index (χ0v) is 12.2. The highest BCUT2D eigenvalue weighted by Gasteiger charge is 2.33. The van der Waals surface area contributed by atoms with E-state index in [2.05, 4.69) is 0 Å². The number of carboxylic acids is 1. The van der Waals surface area contributed by atoms with Gasteiger partial charge in [0.1, 0.15) is 6.54 Å². The average molecular weight is 286 g/mol. The van der Waals surface area contributed by atoms with Crippen LogP contribution in [0.15, 0.2) is 0 Å². The molecule has 2 fully saturated rings. The molecule has 1 heterocycles. The number of rotatable bonds is 3. The summed E-state index contributed by atoms with van der Waals surface area (Å²) in [5.41, 5.74) is 0. The summed E-state index contributed by atoms with van der Waals surface area (Å²) in [6, 6.07) is 0.233. The van der Waals surface area contributed by atoms with E-state index in [-0.39, 0.29) is 24.7 Å². The van der Waals surface area contributed by atoms with Gasteiger partial charge in [-0.05, 0) is 19.8 Å². The number of hydrogen-bond acceptors (Lipinski definition) is 3. The first-order valence-corrected chi connectivity index (χ1v) is 8.12. The van der Waals surface area contributed by atoms with Crippen molar-refractivity contribution in [2.75, 3.05) is 24.6 Å². The Hall–Kier alpha value is -0.910. The maximum absolute atomic E-state index is 12.6. The second-order valence-corrected chi connectivity index (χ2v) is 6.51. The molecule has 1 atom stereocenters. The van der Waals surface area contributed by atoms with Crippen molar-refractivity contribution in [3.05, 3.63) is 0 Å². The third-order valence-corrected chi connectivity index (χ3v) is 5.12. The molecule has 2 amide bonds. The minimum Gasteiger partial charge on any atom is -0.480 e. The summed E-state index contributed by atoms with van der Waals surface area (Å²) in [6.45, 7) is 2.60. The summed E-state index contributed by atoms with van der Waals surface area (Å²) >= 11 is 1.85. The second-order valence-electron chi connectivity index (χ2n) is 5.36. The lowest BCUT2D eigenvalue weighted by Gasteiger charge is -2.38. The molecule has 2 rings (SSSR count). The normalized spacial score (nSPS) is 24.5. The molecule has 1 N–H and O–H groups in total. The fraction of sp³-hybridized carbons (Fsp3) is 0.846. The van der Waals surface area contributed by atoms with Gasteiger partial charge in [-0.2, -0.15) is 11.8 Å². The molecule has 0 bridgehead atoms. The van der Waals surface area contributed by atoms with Crippen LogP contribution in [0.25, 0.3) is 0 Å². The molecule has 0 spiro atoms. The van der Waals surface area contributed by atoms with Gasteiger partial charge in [0.2, 0.25) is 0 Å². The van der Waals surface area contributed by atoms with Gasteiger partial charge in [0.15, 0.2) is 0 Å². The van der Waals surface area contributed by atoms with Crippen LogP contribution in [0.5, 0.6) is 0 Å². The van der Waals surface area contributed by atoms with Crippen molar-refractivity contribution in [1.82, 2.24) is 9.80 Å². The van der Waals surface area contributed by atoms with E-state index in [1.807, 2.05) is 23.6 Å². The second kappa shape index (κ2) is 6.50. The Morgan fingerprint density at radius 3 is 2.63 bits per heavy atom. The molecule has 1 saturated heterocycles. The summed E-state index contributed by atoms with van der Waals surface area (Å²) in [5, 5.41) is 9.04. The van der Waals surface area contributed by atoms with Crippen LogP contribution in [-0.2, 0) is 4.79 Å². The first kappa shape index (κ1) is 14.5. The van der Waals surface area contributed by atoms with Crippen molar-refractivity contribution in [2.24, 2.45) is 0 Å². The van der Waals surface area contributed by atoms with Crippen LogP contribution in [0.3, 0.4) is 0 Å². The molecule has 2 aliphatic rings. The fourth-order valence-electron chi connectivity index (χ4n) is 2.89. The zero-order valence-electron chi connectivity index (χ0n) is 11.4. The van der Waals surface area contributed by atoms with Crippen molar-refractivity contribution in [2.45, 2.75) is 44.7 Å². The van der Waals surface area contributed by atoms with Gasteiger partial charge in [0.25, 0.3) is 0 Å². The van der Waals surface area contributed by atoms with Crippen LogP contribution in [0, 0.1) is 0 Å². The largest absolute Gasteiger partial charge is 0.480 e. The number of aliphatic carboxylic acids is 1. The number of carbonyl (C=O) groups is 2. The highest BCUT2D eigenvalue weighted by atomic mass is 32.2. The van der Waals surface area contributed by atoms with Crippen molar-refractivity contribution in [3.63, 3.8) is 0 Å². The molecular weight excluding hydrogens is 264 g/mol. The van der Waals surface area contributed by atoms with E-state index in [0.29, 0.717) is 0 Å². The van der Waals surface area contributed by atoms with E-state index in [1.54, 1.807) is 4.90 Å². The molecule has 0 aromatic carbocycles. The summed E-state index contributed by atoms with van der Waals surface area (Å²) < 4.78 is 0. The highest BCUT2D eigenvalue weighted by molar-refractivity contribution is 7.99. The molecule has 1 aliphatic heterocycles. The maximum Gasteiger partial charge on any atom is 0.323 e. The number of nitrogens with zero attached hydrogens (tertiary/aromatic N) is 2. The third kappa shape index (κ3) is 3.55. The van der Waals surface area contributed by atoms with Gasteiger partial charge in [0.05, 0.1) is 0 Å². The van der Waals surface area contributed by atoms with Crippen LogP contribution < -0.4 is 0 Å². The minimum absolute atomic E-state index is 0.0814. The lowest BCUT2D eigenvalue weighted by Crippen LogP contribution is -2.54. The highest BCUT2D eigenvalue weighted by Crippen LogP contribution is 2.26. The predicted molar refractivity (Wildman–Crippen MR) is 75.5 cm³/mol. The van der Waals surface area contributed by atoms with E-state index in [4.69, 9.17) is 5.11 Å². The number of urea groups is 1. The van der Waals surface area contributed by atoms with Crippen LogP contribution in [0.2, 0.25) is 0 Å². The SMILES string of the molecule is CC1CSCCN1C(=O)N(CC(=O)O)C1CCCC1. The first-order valence-electron chi connectivity index (χ1n) is 6.96. The van der Waals surface area contributed by atoms with E-state index >= 15 is 0 Å². The van der Waals surface area contributed by atoms with Crippen LogP contribution >= 0.6 is 11.8 Å². The summed E-state index contributed by atoms with van der Waals surface area (Å²) in [4.78, 5) is 27.1. The smallest absolute Gasteiger partial charge is 0.323 e. The van der Waals surface area contributed by atoms with Crippen LogP contribution in [-0.4, -0.2) is 63.6 Å². The molecule has 0 aromatic rings. The van der Waals surface area contributed by atoms with E-state index in [0.717, 1.165) is 43.7 Å². The van der Waals surface area contributed by atoms with Crippen LogP contribution in [0.4, 0.5) is 4.79 Å². The van der Waals surface area contributed by atoms with Gasteiger partial charge in [0, 0.05) is 30.1 Å². The number of amides is 2. The Balaban J connectivity index is 2.07. The van der Waals surface area contributed by atoms with Gasteiger partial charge >= 0.3 is 12.0 Å². The molecule has 5 nitrogen and oxygen atoms in total. The molecular formula is C13H22N2O3S. The quantitative estimate of drug-likeness (QED) is 0.860. The van der Waals surface area contributed by atoms with Gasteiger partial charge in [-0.3, -0.25) is 4.79 Å². The lowest BCUT2D eigenvalue weighted by atomic mass is 10.2. The van der Waals surface area contributed by atoms with Gasteiger partial charge in [-0.1, -0.05) is 12.8 Å². The predicted octanol–water partition coefficient (Wildman–Crippen LogP) is 1.87. The fourth-order valence-corrected chi connectivity index (χ4v) is 3.90. The molecule has 19 heavy (non-hydrogen) atoms. The minimum atomic E-state index is -0.917. The summed E-state index contributed by atoms with van der Waals surface area (Å²) in [6.07, 6.45) is 4.07. The van der Waals surface area contributed by atoms with Gasteiger partial charge in [-0.15, -0.1) is 0 Å². The number of hydrogen-bond donors (Lipinski definition) is 1. The molecule has 1 unspecified atom stereocenters. The van der Waals surface area contributed by atoms with E-state index in [1.165, 1.54) is 0 Å².